The number of carboxylic acid groups (broad SMARTS) is 1. The number of rotatable bonds is 8. The lowest BCUT2D eigenvalue weighted by atomic mass is 10.1. The van der Waals surface area contributed by atoms with Gasteiger partial charge in [0, 0.05) is 6.42 Å². The summed E-state index contributed by atoms with van der Waals surface area (Å²) in [5.74, 6) is -0.491. The molecule has 0 aliphatic heterocycles. The summed E-state index contributed by atoms with van der Waals surface area (Å²) in [6, 6.07) is 6.73. The van der Waals surface area contributed by atoms with Crippen LogP contribution in [0.2, 0.25) is 0 Å². The van der Waals surface area contributed by atoms with Crippen molar-refractivity contribution < 1.29 is 19.4 Å². The number of ether oxygens (including phenoxy) is 1. The van der Waals surface area contributed by atoms with Crippen molar-refractivity contribution >= 4 is 11.9 Å². The van der Waals surface area contributed by atoms with Crippen molar-refractivity contribution in [1.82, 2.24) is 5.32 Å². The molecule has 1 aromatic carbocycles. The summed E-state index contributed by atoms with van der Waals surface area (Å²) in [6.07, 6.45) is 1.14. The summed E-state index contributed by atoms with van der Waals surface area (Å²) in [5, 5.41) is 11.4. The van der Waals surface area contributed by atoms with Crippen molar-refractivity contribution in [1.29, 1.82) is 0 Å². The molecule has 1 amide bonds. The van der Waals surface area contributed by atoms with Crippen LogP contribution in [0.15, 0.2) is 24.3 Å². The smallest absolute Gasteiger partial charge is 0.326 e. The Morgan fingerprint density at radius 3 is 2.60 bits per heavy atom. The van der Waals surface area contributed by atoms with E-state index in [1.807, 2.05) is 31.2 Å². The largest absolute Gasteiger partial charge is 0.494 e. The van der Waals surface area contributed by atoms with Crippen molar-refractivity contribution in [3.63, 3.8) is 0 Å². The quantitative estimate of drug-likeness (QED) is 0.763. The maximum atomic E-state index is 11.7. The van der Waals surface area contributed by atoms with Crippen molar-refractivity contribution in [3.05, 3.63) is 29.8 Å². The molecule has 110 valence electrons. The van der Waals surface area contributed by atoms with Gasteiger partial charge in [0.25, 0.3) is 0 Å². The van der Waals surface area contributed by atoms with Crippen molar-refractivity contribution in [2.45, 2.75) is 39.2 Å². The number of aliphatic carboxylic acids is 1. The second kappa shape index (κ2) is 8.19. The molecule has 5 nitrogen and oxygen atoms in total. The van der Waals surface area contributed by atoms with Crippen LogP contribution < -0.4 is 10.1 Å². The van der Waals surface area contributed by atoms with Gasteiger partial charge in [-0.15, -0.1) is 0 Å². The molecule has 5 heteroatoms. The van der Waals surface area contributed by atoms with E-state index in [1.54, 1.807) is 6.92 Å². The topological polar surface area (TPSA) is 75.6 Å². The number of nitrogens with one attached hydrogen (secondary N) is 1. The van der Waals surface area contributed by atoms with Gasteiger partial charge in [0.05, 0.1) is 6.61 Å². The Bertz CT molecular complexity index is 459. The minimum Gasteiger partial charge on any atom is -0.494 e. The molecule has 20 heavy (non-hydrogen) atoms. The molecule has 0 bridgehead atoms. The zero-order chi connectivity index (χ0) is 15.0. The Morgan fingerprint density at radius 2 is 2.00 bits per heavy atom. The van der Waals surface area contributed by atoms with Gasteiger partial charge in [-0.1, -0.05) is 25.1 Å². The summed E-state index contributed by atoms with van der Waals surface area (Å²) in [5.41, 5.74) is 0.952. The van der Waals surface area contributed by atoms with E-state index in [2.05, 4.69) is 5.32 Å². The van der Waals surface area contributed by atoms with E-state index in [4.69, 9.17) is 9.84 Å². The fourth-order valence-corrected chi connectivity index (χ4v) is 1.86. The number of carboxylic acids is 1. The lowest BCUT2D eigenvalue weighted by Crippen LogP contribution is -2.40. The van der Waals surface area contributed by atoms with Crippen LogP contribution in [0, 0.1) is 0 Å². The van der Waals surface area contributed by atoms with Crippen LogP contribution >= 0.6 is 0 Å². The molecule has 1 rings (SSSR count). The minimum absolute atomic E-state index is 0.244. The Balaban J connectivity index is 2.54. The average Bonchev–Trinajstić information content (AvgIpc) is 2.43. The number of hydrogen-bond acceptors (Lipinski definition) is 3. The number of para-hydroxylation sites is 1. The third-order valence-corrected chi connectivity index (χ3v) is 2.94. The first-order chi connectivity index (χ1) is 9.58. The molecule has 0 radical (unpaired) electrons. The van der Waals surface area contributed by atoms with E-state index < -0.39 is 12.0 Å². The summed E-state index contributed by atoms with van der Waals surface area (Å²) in [6.45, 7) is 4.20. The van der Waals surface area contributed by atoms with E-state index in [1.165, 1.54) is 0 Å². The zero-order valence-electron chi connectivity index (χ0n) is 11.9. The van der Waals surface area contributed by atoms with Crippen LogP contribution in [-0.4, -0.2) is 29.6 Å². The SMILES string of the molecule is CCOc1ccccc1CCC(=O)N[C@@H](CC)C(=O)O. The highest BCUT2D eigenvalue weighted by molar-refractivity contribution is 5.83. The lowest BCUT2D eigenvalue weighted by molar-refractivity contribution is -0.141. The number of amides is 1. The Hall–Kier alpha value is -2.04. The molecule has 1 aromatic rings. The molecule has 0 aromatic heterocycles. The fourth-order valence-electron chi connectivity index (χ4n) is 1.86. The molecule has 0 unspecified atom stereocenters. The van der Waals surface area contributed by atoms with Gasteiger partial charge in [0.2, 0.25) is 5.91 Å². The second-order valence-corrected chi connectivity index (χ2v) is 4.41. The normalized spacial score (nSPS) is 11.7. The average molecular weight is 279 g/mol. The van der Waals surface area contributed by atoms with Crippen LogP contribution in [0.4, 0.5) is 0 Å². The molecule has 0 aliphatic carbocycles. The standard InChI is InChI=1S/C15H21NO4/c1-3-12(15(18)19)16-14(17)10-9-11-7-5-6-8-13(11)20-4-2/h5-8,12H,3-4,9-10H2,1-2H3,(H,16,17)(H,18,19)/t12-/m0/s1. The highest BCUT2D eigenvalue weighted by Gasteiger charge is 2.17. The first kappa shape index (κ1) is 16.0. The summed E-state index contributed by atoms with van der Waals surface area (Å²) < 4.78 is 5.48. The third-order valence-electron chi connectivity index (χ3n) is 2.94. The summed E-state index contributed by atoms with van der Waals surface area (Å²) in [4.78, 5) is 22.6. The number of carbonyl (C=O) groups excluding carboxylic acids is 1. The molecular formula is C15H21NO4. The number of benzene rings is 1. The molecular weight excluding hydrogens is 258 g/mol. The molecule has 0 saturated carbocycles. The second-order valence-electron chi connectivity index (χ2n) is 4.41. The van der Waals surface area contributed by atoms with Crippen LogP contribution in [-0.2, 0) is 16.0 Å². The van der Waals surface area contributed by atoms with E-state index >= 15 is 0 Å². The van der Waals surface area contributed by atoms with Gasteiger partial charge >= 0.3 is 5.97 Å². The van der Waals surface area contributed by atoms with Crippen LogP contribution in [0.1, 0.15) is 32.3 Å². The molecule has 0 heterocycles. The zero-order valence-corrected chi connectivity index (χ0v) is 11.9. The number of carbonyl (C=O) groups is 2. The first-order valence-electron chi connectivity index (χ1n) is 6.81. The maximum absolute atomic E-state index is 11.7. The summed E-state index contributed by atoms with van der Waals surface area (Å²) in [7, 11) is 0. The fraction of sp³-hybridized carbons (Fsp3) is 0.467. The van der Waals surface area contributed by atoms with Crippen LogP contribution in [0.3, 0.4) is 0 Å². The molecule has 0 aliphatic rings. The van der Waals surface area contributed by atoms with E-state index in [0.29, 0.717) is 19.4 Å². The Labute approximate surface area is 118 Å². The lowest BCUT2D eigenvalue weighted by Gasteiger charge is -2.13. The van der Waals surface area contributed by atoms with Crippen LogP contribution in [0.5, 0.6) is 5.75 Å². The molecule has 1 atom stereocenters. The van der Waals surface area contributed by atoms with Gasteiger partial charge in [0.1, 0.15) is 11.8 Å². The van der Waals surface area contributed by atoms with Crippen molar-refractivity contribution in [2.75, 3.05) is 6.61 Å². The van der Waals surface area contributed by atoms with Gasteiger partial charge in [0.15, 0.2) is 0 Å². The third kappa shape index (κ3) is 4.91. The number of aryl methyl sites for hydroxylation is 1. The van der Waals surface area contributed by atoms with Gasteiger partial charge in [-0.3, -0.25) is 4.79 Å². The highest BCUT2D eigenvalue weighted by atomic mass is 16.5. The maximum Gasteiger partial charge on any atom is 0.326 e. The minimum atomic E-state index is -1.00. The monoisotopic (exact) mass is 279 g/mol. The molecule has 0 spiro atoms. The molecule has 2 N–H and O–H groups in total. The van der Waals surface area contributed by atoms with Gasteiger partial charge in [-0.2, -0.15) is 0 Å². The van der Waals surface area contributed by atoms with Gasteiger partial charge in [-0.25, -0.2) is 4.79 Å². The van der Waals surface area contributed by atoms with Crippen molar-refractivity contribution in [2.24, 2.45) is 0 Å². The Kier molecular flexibility index (Phi) is 6.56. The first-order valence-corrected chi connectivity index (χ1v) is 6.81. The molecule has 0 fully saturated rings. The van der Waals surface area contributed by atoms with E-state index in [0.717, 1.165) is 11.3 Å². The predicted octanol–water partition coefficient (Wildman–Crippen LogP) is 2.00. The van der Waals surface area contributed by atoms with Crippen LogP contribution in [0.25, 0.3) is 0 Å². The highest BCUT2D eigenvalue weighted by Crippen LogP contribution is 2.19. The van der Waals surface area contributed by atoms with Gasteiger partial charge in [-0.05, 0) is 31.4 Å². The van der Waals surface area contributed by atoms with Crippen molar-refractivity contribution in [3.8, 4) is 5.75 Å². The summed E-state index contributed by atoms with van der Waals surface area (Å²) >= 11 is 0. The number of hydrogen-bond donors (Lipinski definition) is 2. The van der Waals surface area contributed by atoms with E-state index in [-0.39, 0.29) is 12.3 Å². The molecule has 0 saturated heterocycles. The van der Waals surface area contributed by atoms with E-state index in [9.17, 15) is 9.59 Å². The van der Waals surface area contributed by atoms with Gasteiger partial charge < -0.3 is 15.2 Å². The predicted molar refractivity (Wildman–Crippen MR) is 75.8 cm³/mol. The Morgan fingerprint density at radius 1 is 1.30 bits per heavy atom.